The summed E-state index contributed by atoms with van der Waals surface area (Å²) in [6, 6.07) is 8.15. The molecule has 0 spiro atoms. The molecule has 0 unspecified atom stereocenters. The molecule has 1 heterocycles. The summed E-state index contributed by atoms with van der Waals surface area (Å²) in [5, 5.41) is -0.154. The van der Waals surface area contributed by atoms with E-state index in [1.165, 1.54) is 12.1 Å². The Morgan fingerprint density at radius 3 is 2.32 bits per heavy atom. The molecular formula is C18H13ClFNO4. The van der Waals surface area contributed by atoms with Crippen LogP contribution in [0.15, 0.2) is 36.4 Å². The fraction of sp³-hybridized carbons (Fsp3) is 0.167. The molecule has 2 aromatic rings. The molecule has 0 N–H and O–H groups in total. The van der Waals surface area contributed by atoms with Crippen molar-refractivity contribution in [3.63, 3.8) is 0 Å². The summed E-state index contributed by atoms with van der Waals surface area (Å²) in [5.41, 5.74) is -0.0870. The number of rotatable bonds is 4. The lowest BCUT2D eigenvalue weighted by Crippen LogP contribution is -2.30. The number of ether oxygens (including phenoxy) is 1. The van der Waals surface area contributed by atoms with Crippen LogP contribution in [0.5, 0.6) is 0 Å². The van der Waals surface area contributed by atoms with Crippen molar-refractivity contribution in [3.05, 3.63) is 63.9 Å². The number of nitrogens with zero attached hydrogens (tertiary/aromatic N) is 1. The van der Waals surface area contributed by atoms with Gasteiger partial charge in [-0.3, -0.25) is 9.59 Å². The molecule has 0 aliphatic carbocycles. The van der Waals surface area contributed by atoms with Crippen LogP contribution in [0.1, 0.15) is 44.4 Å². The number of amides is 2. The Kier molecular flexibility index (Phi) is 4.55. The number of benzene rings is 2. The van der Waals surface area contributed by atoms with E-state index in [1.807, 2.05) is 6.92 Å². The molecule has 5 nitrogen and oxygen atoms in total. The molecule has 0 atom stereocenters. The molecule has 3 rings (SSSR count). The predicted molar refractivity (Wildman–Crippen MR) is 89.6 cm³/mol. The molecule has 7 heteroatoms. The molecule has 2 amide bonds. The maximum atomic E-state index is 14.4. The van der Waals surface area contributed by atoms with E-state index in [9.17, 15) is 18.8 Å². The van der Waals surface area contributed by atoms with Crippen LogP contribution in [0, 0.1) is 5.82 Å². The first-order valence-corrected chi connectivity index (χ1v) is 7.97. The van der Waals surface area contributed by atoms with E-state index >= 15 is 0 Å². The standard InChI is InChI=1S/C18H13ClFNO4/c1-2-7-25-18(24)12-8-15(14(20)9-13(12)19)21-16(22)10-5-3-4-6-11(10)17(21)23/h3-6,8-9H,2,7H2,1H3. The van der Waals surface area contributed by atoms with Gasteiger partial charge in [0.1, 0.15) is 5.82 Å². The number of carbonyl (C=O) groups is 3. The van der Waals surface area contributed by atoms with Crippen molar-refractivity contribution < 1.29 is 23.5 Å². The first-order valence-electron chi connectivity index (χ1n) is 7.59. The van der Waals surface area contributed by atoms with Crippen LogP contribution < -0.4 is 4.90 Å². The van der Waals surface area contributed by atoms with Gasteiger partial charge in [-0.2, -0.15) is 0 Å². The SMILES string of the molecule is CCCOC(=O)c1cc(N2C(=O)c3ccccc3C2=O)c(F)cc1Cl. The van der Waals surface area contributed by atoms with Crippen molar-refractivity contribution in [1.29, 1.82) is 0 Å². The van der Waals surface area contributed by atoms with Gasteiger partial charge in [-0.25, -0.2) is 14.1 Å². The van der Waals surface area contributed by atoms with Gasteiger partial charge in [-0.1, -0.05) is 30.7 Å². The number of halogens is 2. The van der Waals surface area contributed by atoms with Gasteiger partial charge in [0, 0.05) is 0 Å². The summed E-state index contributed by atoms with van der Waals surface area (Å²) in [6.07, 6.45) is 0.607. The van der Waals surface area contributed by atoms with Crippen LogP contribution in [-0.2, 0) is 4.74 Å². The van der Waals surface area contributed by atoms with Crippen LogP contribution in [0.4, 0.5) is 10.1 Å². The predicted octanol–water partition coefficient (Wildman–Crippen LogP) is 3.85. The highest BCUT2D eigenvalue weighted by Gasteiger charge is 2.38. The Morgan fingerprint density at radius 2 is 1.76 bits per heavy atom. The molecule has 0 radical (unpaired) electrons. The summed E-state index contributed by atoms with van der Waals surface area (Å²) < 4.78 is 19.4. The van der Waals surface area contributed by atoms with Crippen molar-refractivity contribution in [2.24, 2.45) is 0 Å². The van der Waals surface area contributed by atoms with Gasteiger partial charge in [-0.05, 0) is 30.7 Å². The van der Waals surface area contributed by atoms with Gasteiger partial charge in [0.2, 0.25) is 0 Å². The summed E-state index contributed by atoms with van der Waals surface area (Å²) in [7, 11) is 0. The van der Waals surface area contributed by atoms with E-state index in [1.54, 1.807) is 12.1 Å². The van der Waals surface area contributed by atoms with Gasteiger partial charge in [0.15, 0.2) is 0 Å². The molecule has 0 bridgehead atoms. The summed E-state index contributed by atoms with van der Waals surface area (Å²) in [5.74, 6) is -2.94. The zero-order valence-electron chi connectivity index (χ0n) is 13.2. The molecule has 0 saturated carbocycles. The highest BCUT2D eigenvalue weighted by atomic mass is 35.5. The van der Waals surface area contributed by atoms with Crippen LogP contribution in [0.25, 0.3) is 0 Å². The number of fused-ring (bicyclic) bond motifs is 1. The third-order valence-corrected chi connectivity index (χ3v) is 4.04. The molecule has 128 valence electrons. The normalized spacial score (nSPS) is 13.2. The summed E-state index contributed by atoms with van der Waals surface area (Å²) in [6.45, 7) is 2.00. The summed E-state index contributed by atoms with van der Waals surface area (Å²) >= 11 is 5.91. The maximum absolute atomic E-state index is 14.4. The molecule has 25 heavy (non-hydrogen) atoms. The van der Waals surface area contributed by atoms with E-state index in [0.717, 1.165) is 12.1 Å². The van der Waals surface area contributed by atoms with E-state index in [0.29, 0.717) is 11.3 Å². The van der Waals surface area contributed by atoms with Gasteiger partial charge in [0.25, 0.3) is 11.8 Å². The van der Waals surface area contributed by atoms with Crippen molar-refractivity contribution in [2.75, 3.05) is 11.5 Å². The van der Waals surface area contributed by atoms with E-state index in [-0.39, 0.29) is 34.0 Å². The largest absolute Gasteiger partial charge is 0.462 e. The minimum absolute atomic E-state index is 0.108. The highest BCUT2D eigenvalue weighted by molar-refractivity contribution is 6.36. The Morgan fingerprint density at radius 1 is 1.16 bits per heavy atom. The molecule has 2 aromatic carbocycles. The zero-order chi connectivity index (χ0) is 18.1. The molecule has 1 aliphatic heterocycles. The average molecular weight is 362 g/mol. The Bertz CT molecular complexity index is 862. The number of imide groups is 1. The molecule has 0 saturated heterocycles. The van der Waals surface area contributed by atoms with Crippen molar-refractivity contribution in [1.82, 2.24) is 0 Å². The number of carbonyl (C=O) groups excluding carboxylic acids is 3. The minimum Gasteiger partial charge on any atom is -0.462 e. The topological polar surface area (TPSA) is 63.7 Å². The first kappa shape index (κ1) is 17.1. The van der Waals surface area contributed by atoms with Gasteiger partial charge < -0.3 is 4.74 Å². The molecular weight excluding hydrogens is 349 g/mol. The fourth-order valence-corrected chi connectivity index (χ4v) is 2.77. The second kappa shape index (κ2) is 6.64. The number of hydrogen-bond acceptors (Lipinski definition) is 4. The monoisotopic (exact) mass is 361 g/mol. The van der Waals surface area contributed by atoms with E-state index < -0.39 is 23.6 Å². The third kappa shape index (κ3) is 2.89. The second-order valence-corrected chi connectivity index (χ2v) is 5.82. The number of esters is 1. The maximum Gasteiger partial charge on any atom is 0.339 e. The van der Waals surface area contributed by atoms with E-state index in [4.69, 9.17) is 16.3 Å². The van der Waals surface area contributed by atoms with Gasteiger partial charge in [-0.15, -0.1) is 0 Å². The quantitative estimate of drug-likeness (QED) is 0.613. The van der Waals surface area contributed by atoms with Gasteiger partial charge >= 0.3 is 5.97 Å². The highest BCUT2D eigenvalue weighted by Crippen LogP contribution is 2.33. The summed E-state index contributed by atoms with van der Waals surface area (Å²) in [4.78, 5) is 37.7. The third-order valence-electron chi connectivity index (χ3n) is 3.73. The van der Waals surface area contributed by atoms with Crippen molar-refractivity contribution in [2.45, 2.75) is 13.3 Å². The lowest BCUT2D eigenvalue weighted by Gasteiger charge is -2.16. The Balaban J connectivity index is 2.05. The Labute approximate surface area is 147 Å². The Hall–Kier alpha value is -2.73. The molecule has 0 aromatic heterocycles. The van der Waals surface area contributed by atoms with Crippen LogP contribution in [0.2, 0.25) is 5.02 Å². The smallest absolute Gasteiger partial charge is 0.339 e. The van der Waals surface area contributed by atoms with Crippen molar-refractivity contribution >= 4 is 35.1 Å². The minimum atomic E-state index is -0.883. The molecule has 1 aliphatic rings. The zero-order valence-corrected chi connectivity index (χ0v) is 14.0. The van der Waals surface area contributed by atoms with Crippen molar-refractivity contribution in [3.8, 4) is 0 Å². The first-order chi connectivity index (χ1) is 12.0. The van der Waals surface area contributed by atoms with Crippen LogP contribution in [-0.4, -0.2) is 24.4 Å². The molecule has 0 fully saturated rings. The lowest BCUT2D eigenvalue weighted by atomic mass is 10.1. The second-order valence-electron chi connectivity index (χ2n) is 5.41. The number of anilines is 1. The van der Waals surface area contributed by atoms with Crippen LogP contribution in [0.3, 0.4) is 0 Å². The van der Waals surface area contributed by atoms with Crippen LogP contribution >= 0.6 is 11.6 Å². The average Bonchev–Trinajstić information content (AvgIpc) is 2.85. The number of hydrogen-bond donors (Lipinski definition) is 0. The van der Waals surface area contributed by atoms with E-state index in [2.05, 4.69) is 0 Å². The lowest BCUT2D eigenvalue weighted by molar-refractivity contribution is 0.0504. The fourth-order valence-electron chi connectivity index (χ4n) is 2.55. The van der Waals surface area contributed by atoms with Gasteiger partial charge in [0.05, 0.1) is 34.0 Å².